The van der Waals surface area contributed by atoms with E-state index in [0.717, 1.165) is 6.42 Å². The molecule has 0 fully saturated rings. The summed E-state index contributed by atoms with van der Waals surface area (Å²) in [6.07, 6.45) is 9.71. The van der Waals surface area contributed by atoms with Crippen molar-refractivity contribution < 1.29 is 0 Å². The monoisotopic (exact) mass is 136 g/mol. The molecule has 0 aromatic carbocycles. The van der Waals surface area contributed by atoms with Gasteiger partial charge in [0.2, 0.25) is 0 Å². The molecule has 0 heteroatoms. The quantitative estimate of drug-likeness (QED) is 0.545. The molecule has 1 aliphatic rings. The van der Waals surface area contributed by atoms with Crippen LogP contribution in [0, 0.1) is 0 Å². The summed E-state index contributed by atoms with van der Waals surface area (Å²) in [6, 6.07) is 0. The lowest BCUT2D eigenvalue weighted by Crippen LogP contribution is -1.72. The summed E-state index contributed by atoms with van der Waals surface area (Å²) < 4.78 is 0. The van der Waals surface area contributed by atoms with Gasteiger partial charge in [0, 0.05) is 0 Å². The van der Waals surface area contributed by atoms with Crippen LogP contribution in [-0.2, 0) is 0 Å². The summed E-state index contributed by atoms with van der Waals surface area (Å²) in [6.45, 7) is 4.43. The minimum Gasteiger partial charge on any atom is -0.0845 e. The fourth-order valence-electron chi connectivity index (χ4n) is 1.40. The van der Waals surface area contributed by atoms with E-state index in [9.17, 15) is 0 Å². The van der Waals surface area contributed by atoms with Crippen LogP contribution in [0.15, 0.2) is 23.3 Å². The second-order valence-electron chi connectivity index (χ2n) is 2.97. The van der Waals surface area contributed by atoms with Gasteiger partial charge in [-0.05, 0) is 38.2 Å². The lowest BCUT2D eigenvalue weighted by atomic mass is 10.1. The Morgan fingerprint density at radius 3 is 2.70 bits per heavy atom. The third kappa shape index (κ3) is 1.73. The number of hydrogen-bond acceptors (Lipinski definition) is 0. The second kappa shape index (κ2) is 3.60. The third-order valence-corrected chi connectivity index (χ3v) is 2.10. The molecule has 0 spiro atoms. The van der Waals surface area contributed by atoms with Gasteiger partial charge in [0.05, 0.1) is 0 Å². The normalized spacial score (nSPS) is 19.4. The molecule has 0 aromatic rings. The molecule has 0 unspecified atom stereocenters. The van der Waals surface area contributed by atoms with Crippen LogP contribution in [0.25, 0.3) is 0 Å². The van der Waals surface area contributed by atoms with Gasteiger partial charge < -0.3 is 0 Å². The molecule has 0 aromatic heterocycles. The topological polar surface area (TPSA) is 0 Å². The maximum atomic E-state index is 2.29. The Hall–Kier alpha value is -0.520. The average Bonchev–Trinajstić information content (AvgIpc) is 2.31. The van der Waals surface area contributed by atoms with Crippen molar-refractivity contribution in [2.75, 3.05) is 0 Å². The van der Waals surface area contributed by atoms with E-state index in [1.165, 1.54) is 19.3 Å². The average molecular weight is 136 g/mol. The molecule has 56 valence electrons. The predicted molar refractivity (Wildman–Crippen MR) is 46.0 cm³/mol. The van der Waals surface area contributed by atoms with Gasteiger partial charge in [0.1, 0.15) is 0 Å². The number of rotatable bonds is 2. The van der Waals surface area contributed by atoms with Gasteiger partial charge in [-0.3, -0.25) is 0 Å². The molecule has 0 aliphatic heterocycles. The van der Waals surface area contributed by atoms with E-state index in [-0.39, 0.29) is 0 Å². The first-order chi connectivity index (χ1) is 4.84. The molecule has 0 atom stereocenters. The van der Waals surface area contributed by atoms with Crippen molar-refractivity contribution in [1.82, 2.24) is 0 Å². The van der Waals surface area contributed by atoms with Crippen molar-refractivity contribution in [3.63, 3.8) is 0 Å². The lowest BCUT2D eigenvalue weighted by molar-refractivity contribution is 0.898. The minimum absolute atomic E-state index is 1.16. The van der Waals surface area contributed by atoms with Crippen LogP contribution in [0.4, 0.5) is 0 Å². The lowest BCUT2D eigenvalue weighted by Gasteiger charge is -1.92. The Morgan fingerprint density at radius 1 is 1.40 bits per heavy atom. The van der Waals surface area contributed by atoms with Gasteiger partial charge in [0.25, 0.3) is 0 Å². The van der Waals surface area contributed by atoms with Crippen LogP contribution < -0.4 is 0 Å². The Bertz CT molecular complexity index is 161. The molecule has 0 saturated carbocycles. The first kappa shape index (κ1) is 7.59. The molecule has 0 heterocycles. The van der Waals surface area contributed by atoms with Crippen LogP contribution in [0.3, 0.4) is 0 Å². The Kier molecular flexibility index (Phi) is 2.73. The maximum Gasteiger partial charge on any atom is -0.0276 e. The molecule has 1 aliphatic carbocycles. The van der Waals surface area contributed by atoms with Crippen molar-refractivity contribution in [1.29, 1.82) is 0 Å². The molecule has 0 N–H and O–H groups in total. The largest absolute Gasteiger partial charge is 0.0845 e. The number of hydrogen-bond donors (Lipinski definition) is 0. The second-order valence-corrected chi connectivity index (χ2v) is 2.97. The highest BCUT2D eigenvalue weighted by Crippen LogP contribution is 2.25. The summed E-state index contributed by atoms with van der Waals surface area (Å²) in [5.41, 5.74) is 3.19. The SMILES string of the molecule is CCC=CC1=C(C)CCC1. The van der Waals surface area contributed by atoms with Crippen molar-refractivity contribution in [2.45, 2.75) is 39.5 Å². The summed E-state index contributed by atoms with van der Waals surface area (Å²) in [4.78, 5) is 0. The zero-order valence-corrected chi connectivity index (χ0v) is 6.98. The molecule has 0 radical (unpaired) electrons. The van der Waals surface area contributed by atoms with Gasteiger partial charge in [-0.1, -0.05) is 24.6 Å². The van der Waals surface area contributed by atoms with Crippen molar-refractivity contribution >= 4 is 0 Å². The van der Waals surface area contributed by atoms with Crippen LogP contribution in [-0.4, -0.2) is 0 Å². The van der Waals surface area contributed by atoms with Crippen LogP contribution in [0.1, 0.15) is 39.5 Å². The Balaban J connectivity index is 2.54. The molecule has 0 saturated heterocycles. The van der Waals surface area contributed by atoms with E-state index in [4.69, 9.17) is 0 Å². The van der Waals surface area contributed by atoms with Gasteiger partial charge in [-0.25, -0.2) is 0 Å². The summed E-state index contributed by atoms with van der Waals surface area (Å²) in [5, 5.41) is 0. The van der Waals surface area contributed by atoms with Crippen LogP contribution in [0.5, 0.6) is 0 Å². The zero-order chi connectivity index (χ0) is 7.40. The molecular formula is C10H16. The fourth-order valence-corrected chi connectivity index (χ4v) is 1.40. The summed E-state index contributed by atoms with van der Waals surface area (Å²) >= 11 is 0. The first-order valence-electron chi connectivity index (χ1n) is 4.19. The van der Waals surface area contributed by atoms with Gasteiger partial charge in [-0.2, -0.15) is 0 Å². The van der Waals surface area contributed by atoms with Crippen molar-refractivity contribution in [3.05, 3.63) is 23.3 Å². The molecule has 10 heavy (non-hydrogen) atoms. The first-order valence-corrected chi connectivity index (χ1v) is 4.19. The Morgan fingerprint density at radius 2 is 2.20 bits per heavy atom. The van der Waals surface area contributed by atoms with E-state index < -0.39 is 0 Å². The van der Waals surface area contributed by atoms with Crippen LogP contribution >= 0.6 is 0 Å². The van der Waals surface area contributed by atoms with E-state index in [1.54, 1.807) is 11.1 Å². The maximum absolute atomic E-state index is 2.29. The standard InChI is InChI=1S/C10H16/c1-3-4-7-10-8-5-6-9(10)2/h4,7H,3,5-6,8H2,1-2H3. The van der Waals surface area contributed by atoms with E-state index >= 15 is 0 Å². The molecular weight excluding hydrogens is 120 g/mol. The minimum atomic E-state index is 1.16. The van der Waals surface area contributed by atoms with Gasteiger partial charge >= 0.3 is 0 Å². The highest BCUT2D eigenvalue weighted by molar-refractivity contribution is 5.28. The van der Waals surface area contributed by atoms with E-state index in [0.29, 0.717) is 0 Å². The summed E-state index contributed by atoms with van der Waals surface area (Å²) in [5.74, 6) is 0. The van der Waals surface area contributed by atoms with Gasteiger partial charge in [0.15, 0.2) is 0 Å². The Labute approximate surface area is 63.6 Å². The van der Waals surface area contributed by atoms with Crippen molar-refractivity contribution in [2.24, 2.45) is 0 Å². The molecule has 0 bridgehead atoms. The van der Waals surface area contributed by atoms with Gasteiger partial charge in [-0.15, -0.1) is 0 Å². The summed E-state index contributed by atoms with van der Waals surface area (Å²) in [7, 11) is 0. The molecule has 1 rings (SSSR count). The molecule has 0 amide bonds. The van der Waals surface area contributed by atoms with Crippen LogP contribution in [0.2, 0.25) is 0 Å². The fraction of sp³-hybridized carbons (Fsp3) is 0.600. The zero-order valence-electron chi connectivity index (χ0n) is 6.98. The third-order valence-electron chi connectivity index (χ3n) is 2.10. The highest BCUT2D eigenvalue weighted by Gasteiger charge is 2.06. The van der Waals surface area contributed by atoms with E-state index in [1.807, 2.05) is 0 Å². The highest BCUT2D eigenvalue weighted by atomic mass is 14.1. The molecule has 0 nitrogen and oxygen atoms in total. The van der Waals surface area contributed by atoms with E-state index in [2.05, 4.69) is 26.0 Å². The number of allylic oxidation sites excluding steroid dienone is 4. The smallest absolute Gasteiger partial charge is 0.0276 e. The van der Waals surface area contributed by atoms with Crippen molar-refractivity contribution in [3.8, 4) is 0 Å². The predicted octanol–water partition coefficient (Wildman–Crippen LogP) is 3.45.